The van der Waals surface area contributed by atoms with E-state index >= 15 is 0 Å². The molecule has 1 aliphatic heterocycles. The summed E-state index contributed by atoms with van der Waals surface area (Å²) in [5.41, 5.74) is 8.12. The molecule has 0 saturated heterocycles. The maximum absolute atomic E-state index is 12.6. The van der Waals surface area contributed by atoms with Crippen molar-refractivity contribution in [3.05, 3.63) is 66.5 Å². The molecule has 0 bridgehead atoms. The van der Waals surface area contributed by atoms with E-state index in [9.17, 15) is 9.59 Å². The Morgan fingerprint density at radius 3 is 2.75 bits per heavy atom. The van der Waals surface area contributed by atoms with E-state index in [0.29, 0.717) is 18.2 Å². The molecule has 9 nitrogen and oxygen atoms in total. The zero-order chi connectivity index (χ0) is 28.6. The number of aromatic nitrogens is 3. The summed E-state index contributed by atoms with van der Waals surface area (Å²) in [4.78, 5) is 38.3. The number of likely N-dealkylation sites (N-methyl/N-ethyl adjacent to an activating group) is 1. The summed E-state index contributed by atoms with van der Waals surface area (Å²) in [7, 11) is 3.83. The average molecular weight is 538 g/mol. The molecule has 0 fully saturated rings. The van der Waals surface area contributed by atoms with Gasteiger partial charge in [-0.05, 0) is 55.2 Å². The molecule has 0 aliphatic carbocycles. The van der Waals surface area contributed by atoms with Gasteiger partial charge >= 0.3 is 0 Å². The van der Waals surface area contributed by atoms with Crippen molar-refractivity contribution in [2.24, 2.45) is 0 Å². The van der Waals surface area contributed by atoms with Crippen LogP contribution in [0.2, 0.25) is 0 Å². The maximum Gasteiger partial charge on any atom is 0.247 e. The molecule has 1 aliphatic rings. The van der Waals surface area contributed by atoms with Gasteiger partial charge in [0.1, 0.15) is 6.54 Å². The summed E-state index contributed by atoms with van der Waals surface area (Å²) < 4.78 is 2.02. The van der Waals surface area contributed by atoms with E-state index in [1.54, 1.807) is 4.90 Å². The van der Waals surface area contributed by atoms with Gasteiger partial charge in [-0.25, -0.2) is 9.97 Å². The lowest BCUT2D eigenvalue weighted by atomic mass is 10.0. The highest BCUT2D eigenvalue weighted by molar-refractivity contribution is 6.10. The number of hydrogen-bond donors (Lipinski definition) is 2. The largest absolute Gasteiger partial charge is 0.373 e. The first-order valence-electron chi connectivity index (χ1n) is 13.6. The summed E-state index contributed by atoms with van der Waals surface area (Å²) >= 11 is 0. The summed E-state index contributed by atoms with van der Waals surface area (Å²) in [6.45, 7) is 11.0. The van der Waals surface area contributed by atoms with Crippen molar-refractivity contribution in [2.45, 2.75) is 40.2 Å². The number of benzene rings is 2. The zero-order valence-corrected chi connectivity index (χ0v) is 23.7. The molecule has 3 heterocycles. The molecular weight excluding hydrogens is 502 g/mol. The van der Waals surface area contributed by atoms with Crippen LogP contribution in [0.4, 0.5) is 28.7 Å². The Bertz CT molecular complexity index is 1640. The monoisotopic (exact) mass is 537 g/mol. The summed E-state index contributed by atoms with van der Waals surface area (Å²) in [6.07, 6.45) is 6.88. The number of nitrogens with zero attached hydrogens (tertiary/aromatic N) is 5. The van der Waals surface area contributed by atoms with Crippen molar-refractivity contribution < 1.29 is 9.59 Å². The first-order valence-corrected chi connectivity index (χ1v) is 13.6. The van der Waals surface area contributed by atoms with Gasteiger partial charge in [-0.3, -0.25) is 9.59 Å². The van der Waals surface area contributed by atoms with Gasteiger partial charge in [-0.1, -0.05) is 32.6 Å². The Balaban J connectivity index is 1.58. The van der Waals surface area contributed by atoms with Gasteiger partial charge in [0.15, 0.2) is 0 Å². The summed E-state index contributed by atoms with van der Waals surface area (Å²) in [5.74, 6) is 0.223. The normalized spacial score (nSPS) is 12.5. The van der Waals surface area contributed by atoms with E-state index in [2.05, 4.69) is 53.1 Å². The summed E-state index contributed by atoms with van der Waals surface area (Å²) in [5, 5.41) is 7.37. The lowest BCUT2D eigenvalue weighted by molar-refractivity contribution is -0.119. The van der Waals surface area contributed by atoms with E-state index < -0.39 is 0 Å². The highest BCUT2D eigenvalue weighted by Crippen LogP contribution is 2.39. The van der Waals surface area contributed by atoms with Gasteiger partial charge in [0.2, 0.25) is 17.8 Å². The number of amides is 2. The second kappa shape index (κ2) is 10.8. The number of anilines is 5. The number of carbonyl (C=O) groups is 2. The molecule has 4 aromatic rings. The number of rotatable bonds is 9. The van der Waals surface area contributed by atoms with Crippen LogP contribution in [0.15, 0.2) is 55.4 Å². The minimum atomic E-state index is -0.274. The van der Waals surface area contributed by atoms with Crippen LogP contribution in [-0.2, 0) is 22.6 Å². The highest BCUT2D eigenvalue weighted by atomic mass is 16.2. The van der Waals surface area contributed by atoms with Crippen LogP contribution in [0.3, 0.4) is 0 Å². The van der Waals surface area contributed by atoms with E-state index in [1.807, 2.05) is 56.2 Å². The number of nitrogens with one attached hydrogen (secondary N) is 2. The lowest BCUT2D eigenvalue weighted by Gasteiger charge is -2.24. The minimum absolute atomic E-state index is 0.0470. The molecule has 2 aromatic carbocycles. The van der Waals surface area contributed by atoms with Gasteiger partial charge in [-0.15, -0.1) is 0 Å². The fourth-order valence-corrected chi connectivity index (χ4v) is 5.27. The van der Waals surface area contributed by atoms with Crippen molar-refractivity contribution in [1.82, 2.24) is 14.5 Å². The lowest BCUT2D eigenvalue weighted by Crippen LogP contribution is -2.33. The van der Waals surface area contributed by atoms with Crippen LogP contribution in [0, 0.1) is 6.92 Å². The van der Waals surface area contributed by atoms with Gasteiger partial charge in [-0.2, -0.15) is 0 Å². The van der Waals surface area contributed by atoms with Crippen molar-refractivity contribution >= 4 is 51.4 Å². The van der Waals surface area contributed by atoms with Crippen molar-refractivity contribution in [3.63, 3.8) is 0 Å². The SMILES string of the molecule is C=CC(=O)Nc1cc(Nc2ncc(CC)c(-c3cn4c5c(cccc35)N(C)C(=O)C4)n2)c(C)cc1N(C)CCC. The number of aryl methyl sites for hydroxylation is 2. The third-order valence-electron chi connectivity index (χ3n) is 7.42. The second-order valence-electron chi connectivity index (χ2n) is 10.1. The third-order valence-corrected chi connectivity index (χ3v) is 7.42. The van der Waals surface area contributed by atoms with E-state index in [4.69, 9.17) is 4.98 Å². The van der Waals surface area contributed by atoms with E-state index in [-0.39, 0.29) is 11.8 Å². The van der Waals surface area contributed by atoms with Crippen LogP contribution >= 0.6 is 0 Å². The average Bonchev–Trinajstić information content (AvgIpc) is 3.32. The van der Waals surface area contributed by atoms with Gasteiger partial charge in [0.25, 0.3) is 0 Å². The minimum Gasteiger partial charge on any atom is -0.373 e. The van der Waals surface area contributed by atoms with Gasteiger partial charge < -0.3 is 25.0 Å². The molecule has 2 amide bonds. The van der Waals surface area contributed by atoms with Crippen LogP contribution in [0.1, 0.15) is 31.4 Å². The van der Waals surface area contributed by atoms with Crippen molar-refractivity contribution in [3.8, 4) is 11.3 Å². The van der Waals surface area contributed by atoms with Crippen molar-refractivity contribution in [2.75, 3.05) is 41.1 Å². The second-order valence-corrected chi connectivity index (χ2v) is 10.1. The van der Waals surface area contributed by atoms with Crippen LogP contribution in [-0.4, -0.2) is 47.0 Å². The maximum atomic E-state index is 12.6. The fraction of sp³-hybridized carbons (Fsp3) is 0.290. The molecular formula is C31H35N7O2. The first-order chi connectivity index (χ1) is 19.2. The third kappa shape index (κ3) is 4.79. The Labute approximate surface area is 234 Å². The Morgan fingerprint density at radius 1 is 1.23 bits per heavy atom. The molecule has 0 atom stereocenters. The standard InChI is InChI=1S/C31H35N7O2/c1-7-13-36(5)26-14-19(4)23(15-24(26)33-27(39)9-3)34-31-32-16-20(8-2)29(35-31)22-17-38-18-28(40)37(6)25-12-10-11-21(22)30(25)38/h9-12,14-17H,3,7-8,13,18H2,1-2,4-6H3,(H,33,39)(H,32,34,35). The predicted molar refractivity (Wildman–Crippen MR) is 163 cm³/mol. The van der Waals surface area contributed by atoms with Gasteiger partial charge in [0, 0.05) is 49.7 Å². The first kappa shape index (κ1) is 26.9. The molecule has 0 radical (unpaired) electrons. The fourth-order valence-electron chi connectivity index (χ4n) is 5.27. The predicted octanol–water partition coefficient (Wildman–Crippen LogP) is 5.66. The topological polar surface area (TPSA) is 95.4 Å². The van der Waals surface area contributed by atoms with E-state index in [1.165, 1.54) is 6.08 Å². The molecule has 40 heavy (non-hydrogen) atoms. The molecule has 2 aromatic heterocycles. The quantitative estimate of drug-likeness (QED) is 0.268. The smallest absolute Gasteiger partial charge is 0.247 e. The molecule has 0 spiro atoms. The molecule has 0 saturated carbocycles. The molecule has 5 rings (SSSR count). The van der Waals surface area contributed by atoms with E-state index in [0.717, 1.165) is 69.7 Å². The summed E-state index contributed by atoms with van der Waals surface area (Å²) in [6, 6.07) is 9.99. The highest BCUT2D eigenvalue weighted by Gasteiger charge is 2.26. The van der Waals surface area contributed by atoms with Crippen LogP contribution < -0.4 is 20.4 Å². The number of hydrogen-bond acceptors (Lipinski definition) is 6. The van der Waals surface area contributed by atoms with Crippen LogP contribution in [0.5, 0.6) is 0 Å². The van der Waals surface area contributed by atoms with Crippen LogP contribution in [0.25, 0.3) is 22.2 Å². The Hall–Kier alpha value is -4.66. The molecule has 9 heteroatoms. The molecule has 2 N–H and O–H groups in total. The number of carbonyl (C=O) groups excluding carboxylic acids is 2. The van der Waals surface area contributed by atoms with Gasteiger partial charge in [0.05, 0.1) is 28.3 Å². The molecule has 0 unspecified atom stereocenters. The molecule has 206 valence electrons. The Kier molecular flexibility index (Phi) is 7.30. The van der Waals surface area contributed by atoms with Crippen molar-refractivity contribution in [1.29, 1.82) is 0 Å². The zero-order valence-electron chi connectivity index (χ0n) is 23.7. The number of para-hydroxylation sites is 1. The Morgan fingerprint density at radius 2 is 2.02 bits per heavy atom.